The minimum Gasteiger partial charge on any atom is -0.484 e. The van der Waals surface area contributed by atoms with Crippen LogP contribution in [0.15, 0.2) is 40.9 Å². The molecular weight excluding hydrogens is 354 g/mol. The van der Waals surface area contributed by atoms with Gasteiger partial charge in [0.05, 0.1) is 0 Å². The highest BCUT2D eigenvalue weighted by Gasteiger charge is 2.22. The summed E-state index contributed by atoms with van der Waals surface area (Å²) in [6.07, 6.45) is 4.76. The van der Waals surface area contributed by atoms with Gasteiger partial charge in [-0.05, 0) is 53.8 Å². The maximum atomic E-state index is 12.1. The van der Waals surface area contributed by atoms with Crippen LogP contribution < -0.4 is 10.1 Å². The molecule has 1 amide bonds. The van der Waals surface area contributed by atoms with Crippen LogP contribution in [0, 0.1) is 5.92 Å². The summed E-state index contributed by atoms with van der Waals surface area (Å²) in [6, 6.07) is 12.3. The molecular formula is C19H22BrNO2. The second-order valence-electron chi connectivity index (χ2n) is 6.38. The molecule has 0 saturated heterocycles. The first kappa shape index (κ1) is 16.3. The first-order valence-electron chi connectivity index (χ1n) is 8.23. The molecule has 0 bridgehead atoms. The topological polar surface area (TPSA) is 38.3 Å². The number of carbonyl (C=O) groups is 1. The molecule has 2 aromatic rings. The van der Waals surface area contributed by atoms with Crippen molar-refractivity contribution in [2.45, 2.75) is 38.6 Å². The van der Waals surface area contributed by atoms with Crippen molar-refractivity contribution in [2.75, 3.05) is 6.61 Å². The smallest absolute Gasteiger partial charge is 0.258 e. The number of carbonyl (C=O) groups excluding carboxylic acids is 1. The van der Waals surface area contributed by atoms with E-state index in [1.807, 2.05) is 30.3 Å². The molecule has 122 valence electrons. The molecule has 3 nitrogen and oxygen atoms in total. The third-order valence-electron chi connectivity index (χ3n) is 4.60. The van der Waals surface area contributed by atoms with Crippen molar-refractivity contribution < 1.29 is 9.53 Å². The Kier molecular flexibility index (Phi) is 5.21. The van der Waals surface area contributed by atoms with Gasteiger partial charge in [-0.25, -0.2) is 0 Å². The summed E-state index contributed by atoms with van der Waals surface area (Å²) >= 11 is 3.47. The van der Waals surface area contributed by atoms with Crippen LogP contribution in [-0.4, -0.2) is 18.6 Å². The zero-order chi connectivity index (χ0) is 16.2. The number of ether oxygens (including phenoxy) is 1. The fraction of sp³-hybridized carbons (Fsp3) is 0.421. The summed E-state index contributed by atoms with van der Waals surface area (Å²) in [4.78, 5) is 12.1. The Bertz CT molecular complexity index is 701. The summed E-state index contributed by atoms with van der Waals surface area (Å²) in [6.45, 7) is 2.29. The molecule has 0 heterocycles. The molecule has 4 heteroatoms. The number of nitrogens with one attached hydrogen (secondary N) is 1. The van der Waals surface area contributed by atoms with Gasteiger partial charge in [0, 0.05) is 10.5 Å². The molecule has 0 unspecified atom stereocenters. The monoisotopic (exact) mass is 375 g/mol. The van der Waals surface area contributed by atoms with E-state index in [1.165, 1.54) is 19.3 Å². The normalized spacial score (nSPS) is 21.1. The predicted molar refractivity (Wildman–Crippen MR) is 96.7 cm³/mol. The second kappa shape index (κ2) is 7.35. The zero-order valence-electron chi connectivity index (χ0n) is 13.3. The van der Waals surface area contributed by atoms with Gasteiger partial charge in [-0.3, -0.25) is 4.79 Å². The van der Waals surface area contributed by atoms with Crippen LogP contribution >= 0.6 is 15.9 Å². The van der Waals surface area contributed by atoms with E-state index in [0.717, 1.165) is 27.4 Å². The number of hydrogen-bond acceptors (Lipinski definition) is 2. The average Bonchev–Trinajstić information content (AvgIpc) is 2.55. The van der Waals surface area contributed by atoms with Crippen LogP contribution in [-0.2, 0) is 4.79 Å². The van der Waals surface area contributed by atoms with Crippen LogP contribution in [0.2, 0.25) is 0 Å². The largest absolute Gasteiger partial charge is 0.484 e. The minimum atomic E-state index is -0.0281. The molecule has 0 aromatic heterocycles. The Balaban J connectivity index is 1.57. The van der Waals surface area contributed by atoms with Gasteiger partial charge in [-0.1, -0.05) is 47.8 Å². The van der Waals surface area contributed by atoms with E-state index < -0.39 is 0 Å². The molecule has 3 rings (SSSR count). The Labute approximate surface area is 145 Å². The van der Waals surface area contributed by atoms with Gasteiger partial charge < -0.3 is 10.1 Å². The van der Waals surface area contributed by atoms with Crippen molar-refractivity contribution in [1.82, 2.24) is 5.32 Å². The van der Waals surface area contributed by atoms with E-state index in [1.54, 1.807) is 0 Å². The van der Waals surface area contributed by atoms with Crippen molar-refractivity contribution in [3.05, 3.63) is 40.9 Å². The first-order valence-corrected chi connectivity index (χ1v) is 9.02. The SMILES string of the molecule is C[C@@H]1CCCC[C@@H]1NC(=O)COc1ccc2cc(Br)ccc2c1. The highest BCUT2D eigenvalue weighted by atomic mass is 79.9. The van der Waals surface area contributed by atoms with E-state index in [9.17, 15) is 4.79 Å². The van der Waals surface area contributed by atoms with Crippen molar-refractivity contribution in [2.24, 2.45) is 5.92 Å². The molecule has 23 heavy (non-hydrogen) atoms. The van der Waals surface area contributed by atoms with Crippen LogP contribution in [0.1, 0.15) is 32.6 Å². The summed E-state index contributed by atoms with van der Waals surface area (Å²) in [5.41, 5.74) is 0. The number of amides is 1. The highest BCUT2D eigenvalue weighted by Crippen LogP contribution is 2.25. The molecule has 2 aromatic carbocycles. The van der Waals surface area contributed by atoms with Gasteiger partial charge in [0.2, 0.25) is 0 Å². The van der Waals surface area contributed by atoms with E-state index in [0.29, 0.717) is 12.0 Å². The van der Waals surface area contributed by atoms with Crippen molar-refractivity contribution in [3.63, 3.8) is 0 Å². The predicted octanol–water partition coefficient (Wildman–Crippen LogP) is 4.68. The molecule has 1 N–H and O–H groups in total. The number of fused-ring (bicyclic) bond motifs is 1. The lowest BCUT2D eigenvalue weighted by Gasteiger charge is -2.29. The maximum Gasteiger partial charge on any atom is 0.258 e. The molecule has 1 fully saturated rings. The van der Waals surface area contributed by atoms with Crippen LogP contribution in [0.3, 0.4) is 0 Å². The average molecular weight is 376 g/mol. The molecule has 0 aliphatic heterocycles. The molecule has 2 atom stereocenters. The molecule has 1 aliphatic carbocycles. The van der Waals surface area contributed by atoms with Gasteiger partial charge in [0.25, 0.3) is 5.91 Å². The molecule has 1 saturated carbocycles. The van der Waals surface area contributed by atoms with E-state index >= 15 is 0 Å². The summed E-state index contributed by atoms with van der Waals surface area (Å²) in [7, 11) is 0. The number of hydrogen-bond donors (Lipinski definition) is 1. The molecule has 1 aliphatic rings. The fourth-order valence-corrected chi connectivity index (χ4v) is 3.59. The van der Waals surface area contributed by atoms with Gasteiger partial charge >= 0.3 is 0 Å². The third kappa shape index (κ3) is 4.25. The minimum absolute atomic E-state index is 0.0281. The lowest BCUT2D eigenvalue weighted by Crippen LogP contribution is -2.43. The van der Waals surface area contributed by atoms with Gasteiger partial charge in [-0.2, -0.15) is 0 Å². The van der Waals surface area contributed by atoms with Crippen LogP contribution in [0.25, 0.3) is 10.8 Å². The van der Waals surface area contributed by atoms with Gasteiger partial charge in [0.15, 0.2) is 6.61 Å². The standard InChI is InChI=1S/C19H22BrNO2/c1-13-4-2-3-5-18(13)21-19(22)12-23-17-9-7-14-10-16(20)8-6-15(14)11-17/h6-11,13,18H,2-5,12H2,1H3,(H,21,22)/t13-,18+/m1/s1. The quantitative estimate of drug-likeness (QED) is 0.842. The number of halogens is 1. The third-order valence-corrected chi connectivity index (χ3v) is 5.09. The van der Waals surface area contributed by atoms with E-state index in [-0.39, 0.29) is 12.5 Å². The van der Waals surface area contributed by atoms with Crippen LogP contribution in [0.5, 0.6) is 5.75 Å². The zero-order valence-corrected chi connectivity index (χ0v) is 14.9. The molecule has 0 spiro atoms. The fourth-order valence-electron chi connectivity index (χ4n) is 3.21. The Hall–Kier alpha value is -1.55. The number of benzene rings is 2. The summed E-state index contributed by atoms with van der Waals surface area (Å²) < 4.78 is 6.71. The van der Waals surface area contributed by atoms with E-state index in [2.05, 4.69) is 34.2 Å². The Morgan fingerprint density at radius 3 is 2.74 bits per heavy atom. The molecule has 0 radical (unpaired) electrons. The van der Waals surface area contributed by atoms with E-state index in [4.69, 9.17) is 4.74 Å². The maximum absolute atomic E-state index is 12.1. The van der Waals surface area contributed by atoms with Gasteiger partial charge in [-0.15, -0.1) is 0 Å². The van der Waals surface area contributed by atoms with Crippen molar-refractivity contribution in [3.8, 4) is 5.75 Å². The Morgan fingerprint density at radius 2 is 1.91 bits per heavy atom. The summed E-state index contributed by atoms with van der Waals surface area (Å²) in [5.74, 6) is 1.26. The van der Waals surface area contributed by atoms with Crippen LogP contribution in [0.4, 0.5) is 0 Å². The summed E-state index contributed by atoms with van der Waals surface area (Å²) in [5, 5.41) is 5.36. The lowest BCUT2D eigenvalue weighted by molar-refractivity contribution is -0.124. The number of rotatable bonds is 4. The van der Waals surface area contributed by atoms with Crippen molar-refractivity contribution in [1.29, 1.82) is 0 Å². The van der Waals surface area contributed by atoms with Gasteiger partial charge in [0.1, 0.15) is 5.75 Å². The Morgan fingerprint density at radius 1 is 1.17 bits per heavy atom. The first-order chi connectivity index (χ1) is 11.1. The lowest BCUT2D eigenvalue weighted by atomic mass is 9.86. The van der Waals surface area contributed by atoms with Crippen molar-refractivity contribution >= 4 is 32.6 Å². The second-order valence-corrected chi connectivity index (χ2v) is 7.29. The highest BCUT2D eigenvalue weighted by molar-refractivity contribution is 9.10.